The first-order chi connectivity index (χ1) is 12.6. The van der Waals surface area contributed by atoms with Gasteiger partial charge in [0.15, 0.2) is 17.5 Å². The molecule has 10 heteroatoms. The maximum Gasteiger partial charge on any atom is 0.183 e. The molecule has 4 heterocycles. The van der Waals surface area contributed by atoms with Crippen molar-refractivity contribution in [3.8, 4) is 22.9 Å². The maximum atomic E-state index is 14.0. The summed E-state index contributed by atoms with van der Waals surface area (Å²) in [6.45, 7) is 0.0472. The van der Waals surface area contributed by atoms with Crippen molar-refractivity contribution in [2.45, 2.75) is 6.54 Å². The predicted molar refractivity (Wildman–Crippen MR) is 86.4 cm³/mol. The fourth-order valence-corrected chi connectivity index (χ4v) is 2.38. The van der Waals surface area contributed by atoms with Crippen LogP contribution in [-0.4, -0.2) is 29.9 Å². The highest BCUT2D eigenvalue weighted by atomic mass is 19.1. The van der Waals surface area contributed by atoms with Crippen molar-refractivity contribution in [2.24, 2.45) is 0 Å². The number of hydrogen-bond donors (Lipinski definition) is 1. The van der Waals surface area contributed by atoms with Crippen LogP contribution < -0.4 is 5.73 Å². The van der Waals surface area contributed by atoms with Crippen LogP contribution in [-0.2, 0) is 6.54 Å². The van der Waals surface area contributed by atoms with Gasteiger partial charge in [0.05, 0.1) is 24.1 Å². The van der Waals surface area contributed by atoms with E-state index in [1.807, 2.05) is 0 Å². The Morgan fingerprint density at radius 1 is 1.12 bits per heavy atom. The molecule has 0 unspecified atom stereocenters. The summed E-state index contributed by atoms with van der Waals surface area (Å²) in [5.74, 6) is -1.34. The molecule has 0 bridgehead atoms. The van der Waals surface area contributed by atoms with Crippen molar-refractivity contribution in [1.82, 2.24) is 29.9 Å². The molecule has 0 aliphatic rings. The van der Waals surface area contributed by atoms with Crippen molar-refractivity contribution >= 4 is 5.82 Å². The Kier molecular flexibility index (Phi) is 3.84. The highest BCUT2D eigenvalue weighted by molar-refractivity contribution is 5.63. The summed E-state index contributed by atoms with van der Waals surface area (Å²) in [6, 6.07) is 6.07. The van der Waals surface area contributed by atoms with Crippen molar-refractivity contribution < 1.29 is 13.3 Å². The molecule has 0 saturated carbocycles. The van der Waals surface area contributed by atoms with E-state index >= 15 is 0 Å². The predicted octanol–water partition coefficient (Wildman–Crippen LogP) is 2.30. The number of nitrogens with zero attached hydrogens (tertiary/aromatic N) is 6. The second-order valence-electron chi connectivity index (χ2n) is 5.32. The van der Waals surface area contributed by atoms with E-state index in [1.54, 1.807) is 12.1 Å². The van der Waals surface area contributed by atoms with Crippen molar-refractivity contribution in [3.63, 3.8) is 0 Å². The van der Waals surface area contributed by atoms with E-state index in [1.165, 1.54) is 29.3 Å². The fraction of sp³-hybridized carbons (Fsp3) is 0.0625. The average Bonchev–Trinajstić information content (AvgIpc) is 3.29. The molecular formula is C16H11F2N7O. The first-order valence-corrected chi connectivity index (χ1v) is 7.48. The van der Waals surface area contributed by atoms with E-state index in [0.29, 0.717) is 17.1 Å². The topological polar surface area (TPSA) is 109 Å². The third kappa shape index (κ3) is 2.88. The summed E-state index contributed by atoms with van der Waals surface area (Å²) in [7, 11) is 0. The van der Waals surface area contributed by atoms with Gasteiger partial charge in [-0.1, -0.05) is 5.16 Å². The molecule has 2 N–H and O–H groups in total. The summed E-state index contributed by atoms with van der Waals surface area (Å²) in [4.78, 5) is 11.8. The molecule has 0 aliphatic carbocycles. The molecule has 130 valence electrons. The zero-order chi connectivity index (χ0) is 18.1. The molecule has 0 amide bonds. The zero-order valence-electron chi connectivity index (χ0n) is 13.2. The van der Waals surface area contributed by atoms with Gasteiger partial charge in [-0.3, -0.25) is 9.67 Å². The number of anilines is 1. The van der Waals surface area contributed by atoms with Gasteiger partial charge in [0, 0.05) is 12.3 Å². The molecule has 26 heavy (non-hydrogen) atoms. The molecule has 8 nitrogen and oxygen atoms in total. The van der Waals surface area contributed by atoms with Gasteiger partial charge >= 0.3 is 0 Å². The lowest BCUT2D eigenvalue weighted by atomic mass is 10.2. The first-order valence-electron chi connectivity index (χ1n) is 7.48. The molecule has 4 rings (SSSR count). The van der Waals surface area contributed by atoms with Crippen LogP contribution in [0.25, 0.3) is 22.9 Å². The summed E-state index contributed by atoms with van der Waals surface area (Å²) in [5.41, 5.74) is 7.03. The average molecular weight is 355 g/mol. The van der Waals surface area contributed by atoms with Crippen LogP contribution >= 0.6 is 0 Å². The van der Waals surface area contributed by atoms with Gasteiger partial charge in [0.25, 0.3) is 0 Å². The Balaban J connectivity index is 1.80. The molecule has 0 atom stereocenters. The van der Waals surface area contributed by atoms with E-state index in [9.17, 15) is 8.78 Å². The van der Waals surface area contributed by atoms with E-state index < -0.39 is 11.6 Å². The number of nitrogen functional groups attached to an aromatic ring is 1. The number of rotatable bonds is 4. The van der Waals surface area contributed by atoms with Crippen LogP contribution in [0.15, 0.2) is 47.4 Å². The van der Waals surface area contributed by atoms with E-state index in [-0.39, 0.29) is 23.9 Å². The fourth-order valence-electron chi connectivity index (χ4n) is 2.38. The summed E-state index contributed by atoms with van der Waals surface area (Å²) in [5, 5.41) is 8.24. The number of aromatic nitrogens is 6. The molecular weight excluding hydrogens is 344 g/mol. The van der Waals surface area contributed by atoms with Gasteiger partial charge in [-0.2, -0.15) is 5.10 Å². The molecule has 0 fully saturated rings. The lowest BCUT2D eigenvalue weighted by molar-refractivity contribution is 0.421. The third-order valence-corrected chi connectivity index (χ3v) is 3.61. The quantitative estimate of drug-likeness (QED) is 0.598. The minimum atomic E-state index is -0.722. The molecule has 0 aromatic carbocycles. The van der Waals surface area contributed by atoms with Gasteiger partial charge in [-0.05, 0) is 18.2 Å². The van der Waals surface area contributed by atoms with Gasteiger partial charge < -0.3 is 10.3 Å². The Hall–Kier alpha value is -3.69. The monoisotopic (exact) mass is 355 g/mol. The Morgan fingerprint density at radius 2 is 2.00 bits per heavy atom. The van der Waals surface area contributed by atoms with Crippen molar-refractivity contribution in [2.75, 3.05) is 5.73 Å². The highest BCUT2D eigenvalue weighted by Gasteiger charge is 2.18. The summed E-state index contributed by atoms with van der Waals surface area (Å²) < 4.78 is 33.6. The van der Waals surface area contributed by atoms with Crippen LogP contribution in [0.1, 0.15) is 5.69 Å². The molecule has 4 aromatic heterocycles. The smallest absolute Gasteiger partial charge is 0.183 e. The number of halogens is 2. The minimum Gasteiger partial charge on any atom is -0.381 e. The van der Waals surface area contributed by atoms with Crippen LogP contribution in [0.4, 0.5) is 14.6 Å². The van der Waals surface area contributed by atoms with Crippen LogP contribution in [0.5, 0.6) is 0 Å². The largest absolute Gasteiger partial charge is 0.381 e. The molecule has 4 aromatic rings. The maximum absolute atomic E-state index is 14.0. The van der Waals surface area contributed by atoms with Gasteiger partial charge in [-0.25, -0.2) is 18.7 Å². The highest BCUT2D eigenvalue weighted by Crippen LogP contribution is 2.25. The lowest BCUT2D eigenvalue weighted by Gasteiger charge is -2.05. The second kappa shape index (κ2) is 6.31. The number of pyridine rings is 1. The van der Waals surface area contributed by atoms with E-state index in [4.69, 9.17) is 10.3 Å². The standard InChI is InChI=1S/C16H11F2N7O/c17-9-2-1-4-20-13(9)8-25-14(11-3-5-26-24-11)6-12(23-25)16-21-7-10(18)15(19)22-16/h1-7H,8H2,(H2,19,21,22). The lowest BCUT2D eigenvalue weighted by Crippen LogP contribution is -2.08. The third-order valence-electron chi connectivity index (χ3n) is 3.61. The zero-order valence-corrected chi connectivity index (χ0v) is 13.2. The van der Waals surface area contributed by atoms with Crippen LogP contribution in [0, 0.1) is 11.6 Å². The second-order valence-corrected chi connectivity index (χ2v) is 5.32. The number of nitrogens with two attached hydrogens (primary N) is 1. The summed E-state index contributed by atoms with van der Waals surface area (Å²) >= 11 is 0. The number of hydrogen-bond acceptors (Lipinski definition) is 7. The van der Waals surface area contributed by atoms with Gasteiger partial charge in [0.2, 0.25) is 0 Å². The molecule has 0 aliphatic heterocycles. The first kappa shape index (κ1) is 15.8. The minimum absolute atomic E-state index is 0.0472. The molecule has 0 radical (unpaired) electrons. The molecule has 0 spiro atoms. The van der Waals surface area contributed by atoms with Gasteiger partial charge in [0.1, 0.15) is 23.5 Å². The van der Waals surface area contributed by atoms with E-state index in [0.717, 1.165) is 6.20 Å². The Bertz CT molecular complexity index is 1060. The van der Waals surface area contributed by atoms with E-state index in [2.05, 4.69) is 25.2 Å². The SMILES string of the molecule is Nc1nc(-c2cc(-c3ccon3)n(Cc3ncccc3F)n2)ncc1F. The van der Waals surface area contributed by atoms with Gasteiger partial charge in [-0.15, -0.1) is 0 Å². The normalized spacial score (nSPS) is 11.0. The van der Waals surface area contributed by atoms with Crippen LogP contribution in [0.3, 0.4) is 0 Å². The Labute approximate surface area is 145 Å². The van der Waals surface area contributed by atoms with Crippen LogP contribution in [0.2, 0.25) is 0 Å². The van der Waals surface area contributed by atoms with Crippen molar-refractivity contribution in [3.05, 3.63) is 60.3 Å². The Morgan fingerprint density at radius 3 is 2.73 bits per heavy atom. The summed E-state index contributed by atoms with van der Waals surface area (Å²) in [6.07, 6.45) is 3.85. The van der Waals surface area contributed by atoms with Crippen molar-refractivity contribution in [1.29, 1.82) is 0 Å². The molecule has 0 saturated heterocycles.